The number of carbonyl (C=O) groups is 2. The number of benzene rings is 3. The Balaban J connectivity index is 1.57. The van der Waals surface area contributed by atoms with Gasteiger partial charge in [-0.1, -0.05) is 59.3 Å². The molecule has 1 atom stereocenters. The van der Waals surface area contributed by atoms with Gasteiger partial charge in [0, 0.05) is 0 Å². The number of aromatic nitrogens is 3. The molecule has 3 aromatic carbocycles. The number of amides is 2. The molecule has 0 unspecified atom stereocenters. The molecule has 0 spiro atoms. The summed E-state index contributed by atoms with van der Waals surface area (Å²) < 4.78 is 21.9. The largest absolute Gasteiger partial charge is 0.467 e. The van der Waals surface area contributed by atoms with E-state index in [9.17, 15) is 9.59 Å². The first-order chi connectivity index (χ1) is 18.0. The second-order valence-electron chi connectivity index (χ2n) is 8.56. The number of hydrogen-bond donors (Lipinski definition) is 1. The van der Waals surface area contributed by atoms with Gasteiger partial charge >= 0.3 is 0 Å². The third-order valence-corrected chi connectivity index (χ3v) is 6.00. The van der Waals surface area contributed by atoms with Gasteiger partial charge < -0.3 is 9.73 Å². The number of nitrogens with one attached hydrogen (secondary N) is 1. The van der Waals surface area contributed by atoms with Crippen LogP contribution in [0, 0.1) is 12.7 Å². The van der Waals surface area contributed by atoms with Gasteiger partial charge in [-0.2, -0.15) is 0 Å². The van der Waals surface area contributed by atoms with E-state index in [0.29, 0.717) is 22.4 Å². The number of halogens is 1. The van der Waals surface area contributed by atoms with Crippen LogP contribution < -0.4 is 10.2 Å². The number of anilines is 1. The molecule has 2 amide bonds. The van der Waals surface area contributed by atoms with Gasteiger partial charge in [-0.05, 0) is 48.9 Å². The lowest BCUT2D eigenvalue weighted by Gasteiger charge is -2.31. The molecule has 9 heteroatoms. The minimum absolute atomic E-state index is 0.0179. The summed E-state index contributed by atoms with van der Waals surface area (Å²) in [5.74, 6) is -1.09. The van der Waals surface area contributed by atoms with Gasteiger partial charge in [-0.15, -0.1) is 5.10 Å². The standard InChI is InChI=1S/C28H24FN5O3/c1-19-12-14-20(15-13-19)27(28(36)30-17-21-7-6-16-37-21)34(24-10-4-2-8-22(24)29)26(35)18-33-25-11-5-3-9-23(25)31-32-33/h2-16,27H,17-18H2,1H3,(H,30,36)/t27-/m0/s1. The Kier molecular flexibility index (Phi) is 6.76. The molecule has 0 saturated carbocycles. The summed E-state index contributed by atoms with van der Waals surface area (Å²) in [6, 6.07) is 22.6. The van der Waals surface area contributed by atoms with Gasteiger partial charge in [0.2, 0.25) is 11.8 Å². The minimum Gasteiger partial charge on any atom is -0.467 e. The number of rotatable bonds is 8. The van der Waals surface area contributed by atoms with Crippen molar-refractivity contribution in [3.63, 3.8) is 0 Å². The van der Waals surface area contributed by atoms with Gasteiger partial charge in [0.05, 0.1) is 24.0 Å². The Hall–Kier alpha value is -4.79. The van der Waals surface area contributed by atoms with Crippen molar-refractivity contribution >= 4 is 28.5 Å². The van der Waals surface area contributed by atoms with Crippen LogP contribution in [0.4, 0.5) is 10.1 Å². The van der Waals surface area contributed by atoms with Crippen LogP contribution in [-0.2, 0) is 22.7 Å². The molecule has 0 fully saturated rings. The Morgan fingerprint density at radius 3 is 2.51 bits per heavy atom. The van der Waals surface area contributed by atoms with Crippen molar-refractivity contribution in [3.8, 4) is 0 Å². The van der Waals surface area contributed by atoms with Gasteiger partial charge in [-0.25, -0.2) is 9.07 Å². The summed E-state index contributed by atoms with van der Waals surface area (Å²) in [5, 5.41) is 11.0. The smallest absolute Gasteiger partial charge is 0.249 e. The number of aryl methyl sites for hydroxylation is 1. The van der Waals surface area contributed by atoms with E-state index in [1.807, 2.05) is 31.2 Å². The van der Waals surface area contributed by atoms with Crippen molar-refractivity contribution in [2.24, 2.45) is 0 Å². The zero-order chi connectivity index (χ0) is 25.8. The molecule has 0 aliphatic heterocycles. The molecule has 0 aliphatic rings. The van der Waals surface area contributed by atoms with Crippen molar-refractivity contribution in [1.29, 1.82) is 0 Å². The summed E-state index contributed by atoms with van der Waals surface area (Å²) >= 11 is 0. The second kappa shape index (κ2) is 10.4. The predicted molar refractivity (Wildman–Crippen MR) is 136 cm³/mol. The van der Waals surface area contributed by atoms with Crippen LogP contribution in [0.2, 0.25) is 0 Å². The highest BCUT2D eigenvalue weighted by Crippen LogP contribution is 2.31. The molecule has 5 rings (SSSR count). The van der Waals surface area contributed by atoms with Crippen LogP contribution in [0.15, 0.2) is 95.6 Å². The van der Waals surface area contributed by atoms with Crippen molar-refractivity contribution in [2.45, 2.75) is 26.1 Å². The normalized spacial score (nSPS) is 11.8. The monoisotopic (exact) mass is 497 g/mol. The number of fused-ring (bicyclic) bond motifs is 1. The maximum absolute atomic E-state index is 15.2. The van der Waals surface area contributed by atoms with Gasteiger partial charge in [0.15, 0.2) is 0 Å². The van der Waals surface area contributed by atoms with Gasteiger partial charge in [-0.3, -0.25) is 14.5 Å². The molecule has 1 N–H and O–H groups in total. The van der Waals surface area contributed by atoms with E-state index in [4.69, 9.17) is 4.42 Å². The first kappa shape index (κ1) is 23.9. The van der Waals surface area contributed by atoms with Crippen LogP contribution in [0.5, 0.6) is 0 Å². The Morgan fingerprint density at radius 2 is 1.76 bits per heavy atom. The molecular weight excluding hydrogens is 473 g/mol. The molecule has 0 saturated heterocycles. The maximum Gasteiger partial charge on any atom is 0.249 e. The average Bonchev–Trinajstić information content (AvgIpc) is 3.58. The van der Waals surface area contributed by atoms with Gasteiger partial charge in [0.1, 0.15) is 29.7 Å². The second-order valence-corrected chi connectivity index (χ2v) is 8.56. The van der Waals surface area contributed by atoms with Crippen molar-refractivity contribution in [1.82, 2.24) is 20.3 Å². The van der Waals surface area contributed by atoms with E-state index in [1.165, 1.54) is 34.0 Å². The van der Waals surface area contributed by atoms with E-state index in [0.717, 1.165) is 5.56 Å². The molecule has 5 aromatic rings. The fourth-order valence-electron chi connectivity index (χ4n) is 4.15. The number of hydrogen-bond acceptors (Lipinski definition) is 5. The summed E-state index contributed by atoms with van der Waals surface area (Å²) in [7, 11) is 0. The third kappa shape index (κ3) is 5.11. The summed E-state index contributed by atoms with van der Waals surface area (Å²) in [4.78, 5) is 28.8. The maximum atomic E-state index is 15.2. The quantitative estimate of drug-likeness (QED) is 0.339. The van der Waals surface area contributed by atoms with Gasteiger partial charge in [0.25, 0.3) is 0 Å². The topological polar surface area (TPSA) is 93.3 Å². The molecule has 8 nitrogen and oxygen atoms in total. The third-order valence-electron chi connectivity index (χ3n) is 6.00. The van der Waals surface area contributed by atoms with Crippen LogP contribution in [-0.4, -0.2) is 26.8 Å². The Labute approximate surface area is 212 Å². The molecule has 2 heterocycles. The number of furan rings is 1. The number of nitrogens with zero attached hydrogens (tertiary/aromatic N) is 4. The average molecular weight is 498 g/mol. The first-order valence-corrected chi connectivity index (χ1v) is 11.7. The van der Waals surface area contributed by atoms with E-state index >= 15 is 4.39 Å². The first-order valence-electron chi connectivity index (χ1n) is 11.7. The van der Waals surface area contributed by atoms with Crippen molar-refractivity contribution < 1.29 is 18.4 Å². The molecule has 186 valence electrons. The Morgan fingerprint density at radius 1 is 1.00 bits per heavy atom. The molecule has 0 aliphatic carbocycles. The fraction of sp³-hybridized carbons (Fsp3) is 0.143. The van der Waals surface area contributed by atoms with Crippen LogP contribution >= 0.6 is 0 Å². The molecule has 0 radical (unpaired) electrons. The zero-order valence-electron chi connectivity index (χ0n) is 20.0. The lowest BCUT2D eigenvalue weighted by atomic mass is 10.0. The summed E-state index contributed by atoms with van der Waals surface area (Å²) in [6.45, 7) is 1.79. The van der Waals surface area contributed by atoms with Crippen LogP contribution in [0.25, 0.3) is 11.0 Å². The van der Waals surface area contributed by atoms with Crippen molar-refractivity contribution in [2.75, 3.05) is 4.90 Å². The van der Waals surface area contributed by atoms with Crippen LogP contribution in [0.1, 0.15) is 22.9 Å². The highest BCUT2D eigenvalue weighted by atomic mass is 19.1. The molecule has 2 aromatic heterocycles. The highest BCUT2D eigenvalue weighted by Gasteiger charge is 2.34. The molecule has 0 bridgehead atoms. The lowest BCUT2D eigenvalue weighted by Crippen LogP contribution is -2.45. The van der Waals surface area contributed by atoms with E-state index in [-0.39, 0.29) is 18.8 Å². The SMILES string of the molecule is Cc1ccc([C@@H](C(=O)NCc2ccco2)N(C(=O)Cn2nnc3ccccc32)c2ccccc2F)cc1. The van der Waals surface area contributed by atoms with E-state index in [2.05, 4.69) is 15.6 Å². The fourth-order valence-corrected chi connectivity index (χ4v) is 4.15. The highest BCUT2D eigenvalue weighted by molar-refractivity contribution is 6.01. The van der Waals surface area contributed by atoms with Crippen LogP contribution in [0.3, 0.4) is 0 Å². The van der Waals surface area contributed by atoms with E-state index < -0.39 is 23.7 Å². The zero-order valence-corrected chi connectivity index (χ0v) is 20.0. The number of carbonyl (C=O) groups excluding carboxylic acids is 2. The Bertz CT molecular complexity index is 1530. The van der Waals surface area contributed by atoms with Crippen molar-refractivity contribution in [3.05, 3.63) is 114 Å². The molecule has 37 heavy (non-hydrogen) atoms. The summed E-state index contributed by atoms with van der Waals surface area (Å²) in [5.41, 5.74) is 2.77. The minimum atomic E-state index is -1.16. The molecular formula is C28H24FN5O3. The van der Waals surface area contributed by atoms with E-state index in [1.54, 1.807) is 42.5 Å². The summed E-state index contributed by atoms with van der Waals surface area (Å²) in [6.07, 6.45) is 1.51. The lowest BCUT2D eigenvalue weighted by molar-refractivity contribution is -0.127. The number of para-hydroxylation sites is 2. The predicted octanol–water partition coefficient (Wildman–Crippen LogP) is 4.56.